The number of carbonyl (C=O) groups excluding carboxylic acids is 3. The summed E-state index contributed by atoms with van der Waals surface area (Å²) in [6.45, 7) is 7.12. The zero-order valence-corrected chi connectivity index (χ0v) is 22.6. The average Bonchev–Trinajstić information content (AvgIpc) is 3.45. The van der Waals surface area contributed by atoms with Crippen LogP contribution in [0.3, 0.4) is 0 Å². The van der Waals surface area contributed by atoms with Crippen LogP contribution >= 0.6 is 11.8 Å². The Labute approximate surface area is 219 Å². The van der Waals surface area contributed by atoms with Gasteiger partial charge in [-0.2, -0.15) is 0 Å². The first-order valence-electron chi connectivity index (χ1n) is 13.6. The van der Waals surface area contributed by atoms with E-state index in [1.165, 1.54) is 0 Å². The van der Waals surface area contributed by atoms with E-state index in [2.05, 4.69) is 24.5 Å². The molecular weight excluding hydrogens is 474 g/mol. The van der Waals surface area contributed by atoms with E-state index in [-0.39, 0.29) is 29.1 Å². The number of nitrogens with one attached hydrogen (secondary N) is 2. The van der Waals surface area contributed by atoms with Gasteiger partial charge in [-0.05, 0) is 44.6 Å². The Morgan fingerprint density at radius 1 is 1.08 bits per heavy atom. The fourth-order valence-electron chi connectivity index (χ4n) is 6.64. The van der Waals surface area contributed by atoms with E-state index in [1.807, 2.05) is 37.3 Å². The van der Waals surface area contributed by atoms with Gasteiger partial charge in [0, 0.05) is 17.8 Å². The number of thioether (sulfide) groups is 1. The second-order valence-corrected chi connectivity index (χ2v) is 12.7. The Bertz CT molecular complexity index is 959. The SMILES string of the molecule is CCCCCNC(=O)C1N([C@@H](CO)Cc2ccccc2)C(=O)[C@@H]2[C@H](C(=O)NCCC)[C@]3(C)CCC12S3. The lowest BCUT2D eigenvalue weighted by Crippen LogP contribution is -2.57. The molecule has 2 bridgehead atoms. The Morgan fingerprint density at radius 3 is 2.47 bits per heavy atom. The van der Waals surface area contributed by atoms with Crippen LogP contribution in [0.15, 0.2) is 30.3 Å². The summed E-state index contributed by atoms with van der Waals surface area (Å²) in [6.07, 6.45) is 5.77. The highest BCUT2D eigenvalue weighted by Crippen LogP contribution is 2.71. The number of hydrogen-bond acceptors (Lipinski definition) is 5. The third kappa shape index (κ3) is 4.67. The maximum absolute atomic E-state index is 14.2. The van der Waals surface area contributed by atoms with Crippen LogP contribution in [0.5, 0.6) is 0 Å². The van der Waals surface area contributed by atoms with Crippen molar-refractivity contribution in [1.82, 2.24) is 15.5 Å². The monoisotopic (exact) mass is 515 g/mol. The molecule has 3 heterocycles. The van der Waals surface area contributed by atoms with Gasteiger partial charge in [0.25, 0.3) is 0 Å². The quantitative estimate of drug-likeness (QED) is 0.372. The molecule has 1 aromatic carbocycles. The van der Waals surface area contributed by atoms with Crippen molar-refractivity contribution >= 4 is 29.5 Å². The summed E-state index contributed by atoms with van der Waals surface area (Å²) in [6, 6.07) is 8.53. The number of carbonyl (C=O) groups is 3. The van der Waals surface area contributed by atoms with Crippen molar-refractivity contribution in [3.05, 3.63) is 35.9 Å². The Morgan fingerprint density at radius 2 is 1.81 bits per heavy atom. The highest BCUT2D eigenvalue weighted by molar-refractivity contribution is 8.02. The molecule has 1 spiro atoms. The van der Waals surface area contributed by atoms with E-state index in [0.717, 1.165) is 44.1 Å². The number of likely N-dealkylation sites (tertiary alicyclic amines) is 1. The average molecular weight is 516 g/mol. The number of nitrogens with zero attached hydrogens (tertiary/aromatic N) is 1. The van der Waals surface area contributed by atoms with E-state index in [9.17, 15) is 19.5 Å². The molecule has 0 saturated carbocycles. The van der Waals surface area contributed by atoms with Gasteiger partial charge in [-0.3, -0.25) is 14.4 Å². The Kier molecular flexibility index (Phi) is 8.35. The first-order chi connectivity index (χ1) is 17.3. The molecule has 8 heteroatoms. The smallest absolute Gasteiger partial charge is 0.244 e. The number of aliphatic hydroxyl groups is 1. The van der Waals surface area contributed by atoms with E-state index in [4.69, 9.17) is 0 Å². The molecule has 7 nitrogen and oxygen atoms in total. The van der Waals surface area contributed by atoms with Crippen LogP contribution in [0.2, 0.25) is 0 Å². The zero-order valence-electron chi connectivity index (χ0n) is 21.8. The fraction of sp³-hybridized carbons (Fsp3) is 0.679. The summed E-state index contributed by atoms with van der Waals surface area (Å²) in [5.74, 6) is -1.44. The molecule has 3 aliphatic heterocycles. The number of benzene rings is 1. The molecule has 4 rings (SSSR count). The second-order valence-electron chi connectivity index (χ2n) is 10.8. The van der Waals surface area contributed by atoms with Crippen LogP contribution in [-0.2, 0) is 20.8 Å². The van der Waals surface area contributed by atoms with Gasteiger partial charge in [-0.1, -0.05) is 57.0 Å². The van der Waals surface area contributed by atoms with E-state index in [0.29, 0.717) is 19.5 Å². The molecule has 0 radical (unpaired) electrons. The summed E-state index contributed by atoms with van der Waals surface area (Å²) in [4.78, 5) is 43.1. The topological polar surface area (TPSA) is 98.7 Å². The predicted octanol–water partition coefficient (Wildman–Crippen LogP) is 2.90. The maximum Gasteiger partial charge on any atom is 0.244 e. The van der Waals surface area contributed by atoms with Crippen LogP contribution in [0, 0.1) is 11.8 Å². The van der Waals surface area contributed by atoms with Gasteiger partial charge in [0.05, 0.1) is 29.2 Å². The van der Waals surface area contributed by atoms with Gasteiger partial charge in [-0.25, -0.2) is 0 Å². The predicted molar refractivity (Wildman–Crippen MR) is 142 cm³/mol. The number of aliphatic hydroxyl groups excluding tert-OH is 1. The summed E-state index contributed by atoms with van der Waals surface area (Å²) < 4.78 is -1.03. The normalized spacial score (nSPS) is 31.4. The molecule has 3 amide bonds. The fourth-order valence-corrected chi connectivity index (χ4v) is 8.98. The molecule has 3 aliphatic rings. The summed E-state index contributed by atoms with van der Waals surface area (Å²) >= 11 is 1.68. The standard InChI is InChI=1S/C28H41N3O4S/c1-4-6-10-16-30-25(34)23-28-14-13-27(3,36-28)21(24(33)29-15-5-2)22(28)26(35)31(23)20(18-32)17-19-11-8-7-9-12-19/h7-9,11-12,20-23,32H,4-6,10,13-18H2,1-3H3,(H,29,33)(H,30,34)/t20-,21-,22+,23?,27+,28?/m1/s1. The van der Waals surface area contributed by atoms with Gasteiger partial charge in [0.1, 0.15) is 6.04 Å². The van der Waals surface area contributed by atoms with Crippen LogP contribution in [0.1, 0.15) is 64.9 Å². The minimum absolute atomic E-state index is 0.0839. The van der Waals surface area contributed by atoms with Gasteiger partial charge >= 0.3 is 0 Å². The van der Waals surface area contributed by atoms with E-state index >= 15 is 0 Å². The Balaban J connectivity index is 1.70. The zero-order chi connectivity index (χ0) is 25.9. The highest BCUT2D eigenvalue weighted by Gasteiger charge is 2.77. The van der Waals surface area contributed by atoms with Crippen LogP contribution in [0.25, 0.3) is 0 Å². The molecule has 3 fully saturated rings. The number of amides is 3. The van der Waals surface area contributed by atoms with E-state index < -0.39 is 28.7 Å². The van der Waals surface area contributed by atoms with Crippen LogP contribution in [-0.4, -0.2) is 69.0 Å². The van der Waals surface area contributed by atoms with Gasteiger partial charge in [0.15, 0.2) is 0 Å². The minimum atomic E-state index is -0.701. The molecule has 6 atom stereocenters. The van der Waals surface area contributed by atoms with Gasteiger partial charge < -0.3 is 20.6 Å². The molecule has 2 unspecified atom stereocenters. The van der Waals surface area contributed by atoms with Crippen molar-refractivity contribution in [2.24, 2.45) is 11.8 Å². The van der Waals surface area contributed by atoms with Crippen molar-refractivity contribution in [2.45, 2.75) is 87.3 Å². The van der Waals surface area contributed by atoms with Gasteiger partial charge in [0.2, 0.25) is 17.7 Å². The molecule has 3 N–H and O–H groups in total. The van der Waals surface area contributed by atoms with Crippen molar-refractivity contribution in [1.29, 1.82) is 0 Å². The van der Waals surface area contributed by atoms with Crippen molar-refractivity contribution in [3.8, 4) is 0 Å². The maximum atomic E-state index is 14.2. The largest absolute Gasteiger partial charge is 0.394 e. The Hall–Kier alpha value is -2.06. The summed E-state index contributed by atoms with van der Waals surface area (Å²) in [5, 5.41) is 16.6. The number of rotatable bonds is 12. The van der Waals surface area contributed by atoms with Gasteiger partial charge in [-0.15, -0.1) is 11.8 Å². The van der Waals surface area contributed by atoms with E-state index in [1.54, 1.807) is 16.7 Å². The van der Waals surface area contributed by atoms with Crippen LogP contribution in [0.4, 0.5) is 0 Å². The lowest BCUT2D eigenvalue weighted by atomic mass is 9.66. The summed E-state index contributed by atoms with van der Waals surface area (Å²) in [7, 11) is 0. The third-order valence-corrected chi connectivity index (χ3v) is 10.3. The second kappa shape index (κ2) is 11.1. The highest BCUT2D eigenvalue weighted by atomic mass is 32.2. The number of fused-ring (bicyclic) bond motifs is 1. The first kappa shape index (κ1) is 27.0. The van der Waals surface area contributed by atoms with Crippen LogP contribution < -0.4 is 10.6 Å². The summed E-state index contributed by atoms with van der Waals surface area (Å²) in [5.41, 5.74) is 1.00. The van der Waals surface area contributed by atoms with Crippen molar-refractivity contribution < 1.29 is 19.5 Å². The molecule has 0 aromatic heterocycles. The third-order valence-electron chi connectivity index (χ3n) is 8.29. The lowest BCUT2D eigenvalue weighted by Gasteiger charge is -2.37. The molecule has 0 aliphatic carbocycles. The van der Waals surface area contributed by atoms with Crippen molar-refractivity contribution in [3.63, 3.8) is 0 Å². The molecule has 198 valence electrons. The molecule has 3 saturated heterocycles. The van der Waals surface area contributed by atoms with Crippen molar-refractivity contribution in [2.75, 3.05) is 19.7 Å². The molecule has 36 heavy (non-hydrogen) atoms. The lowest BCUT2D eigenvalue weighted by molar-refractivity contribution is -0.143. The molecular formula is C28H41N3O4S. The number of unbranched alkanes of at least 4 members (excludes halogenated alkanes) is 2. The molecule has 1 aromatic rings. The first-order valence-corrected chi connectivity index (χ1v) is 14.4. The number of hydrogen-bond donors (Lipinski definition) is 3. The minimum Gasteiger partial charge on any atom is -0.394 e.